The predicted octanol–water partition coefficient (Wildman–Crippen LogP) is -2.80. The minimum absolute atomic E-state index is 0.271. The summed E-state index contributed by atoms with van der Waals surface area (Å²) in [6, 6.07) is 2.58. The van der Waals surface area contributed by atoms with Crippen LogP contribution < -0.4 is 13.0 Å². The molecule has 1 heterocycles. The summed E-state index contributed by atoms with van der Waals surface area (Å²) >= 11 is -3.49. The van der Waals surface area contributed by atoms with Crippen molar-refractivity contribution in [1.29, 1.82) is 0 Å². The van der Waals surface area contributed by atoms with Crippen molar-refractivity contribution >= 4 is 25.1 Å². The Bertz CT molecular complexity index is 301. The number of pyridine rings is 1. The number of hydrogen-bond acceptors (Lipinski definition) is 4. The first-order valence-electron chi connectivity index (χ1n) is 2.90. The molecule has 0 aromatic carbocycles. The summed E-state index contributed by atoms with van der Waals surface area (Å²) in [5.74, 6) is -1.28. The summed E-state index contributed by atoms with van der Waals surface area (Å²) in [5.41, 5.74) is -0.271. The average Bonchev–Trinajstić information content (AvgIpc) is 2.04. The number of carboxylic acid groups (broad SMARTS) is 1. The Hall–Kier alpha value is -0.941. The molecule has 0 fully saturated rings. The van der Waals surface area contributed by atoms with Crippen molar-refractivity contribution in [2.24, 2.45) is 0 Å². The molecule has 1 rings (SSSR count). The minimum atomic E-state index is -3.49. The van der Waals surface area contributed by atoms with Crippen LogP contribution in [0.4, 0.5) is 0 Å². The average molecular weight is 233 g/mol. The molecule has 0 saturated carbocycles. The van der Waals surface area contributed by atoms with Crippen LogP contribution in [0.25, 0.3) is 0 Å². The van der Waals surface area contributed by atoms with E-state index in [0.717, 1.165) is 0 Å². The fraction of sp³-hybridized carbons (Fsp3) is 0. The zero-order valence-corrected chi connectivity index (χ0v) is 7.47. The zero-order valence-electron chi connectivity index (χ0n) is 5.76. The molecule has 0 aliphatic rings. The van der Waals surface area contributed by atoms with E-state index in [0.29, 0.717) is 0 Å². The van der Waals surface area contributed by atoms with E-state index in [2.05, 4.69) is 4.98 Å². The van der Waals surface area contributed by atoms with Gasteiger partial charge in [0.15, 0.2) is 0 Å². The number of aromatic carboxylic acids is 1. The van der Waals surface area contributed by atoms with Crippen molar-refractivity contribution in [2.45, 2.75) is 0 Å². The van der Waals surface area contributed by atoms with E-state index in [1.165, 1.54) is 18.3 Å². The molecule has 0 amide bonds. The second kappa shape index (κ2) is 3.64. The molecule has 0 aliphatic carbocycles. The van der Waals surface area contributed by atoms with E-state index in [-0.39, 0.29) is 10.2 Å². The van der Waals surface area contributed by atoms with E-state index >= 15 is 0 Å². The Kier molecular flexibility index (Phi) is 2.78. The van der Waals surface area contributed by atoms with Crippen LogP contribution in [-0.2, 0) is 0 Å². The third kappa shape index (κ3) is 1.80. The van der Waals surface area contributed by atoms with Gasteiger partial charge in [0.05, 0.1) is 0 Å². The van der Waals surface area contributed by atoms with Crippen LogP contribution in [0.5, 0.6) is 0 Å². The molecule has 6 heteroatoms. The van der Waals surface area contributed by atoms with Crippen molar-refractivity contribution in [1.82, 2.24) is 4.98 Å². The summed E-state index contributed by atoms with van der Waals surface area (Å²) in [7, 11) is 0. The van der Waals surface area contributed by atoms with Crippen molar-refractivity contribution in [2.75, 3.05) is 0 Å². The molecule has 1 aromatic heterocycles. The molecule has 5 nitrogen and oxygen atoms in total. The Morgan fingerprint density at radius 2 is 2.25 bits per heavy atom. The van der Waals surface area contributed by atoms with Gasteiger partial charge in [0.2, 0.25) is 0 Å². The first-order valence-corrected chi connectivity index (χ1v) is 5.16. The van der Waals surface area contributed by atoms with Crippen LogP contribution >= 0.6 is 0 Å². The van der Waals surface area contributed by atoms with Crippen LogP contribution in [0, 0.1) is 0 Å². The molecule has 0 atom stereocenters. The van der Waals surface area contributed by atoms with Gasteiger partial charge in [-0.3, -0.25) is 0 Å². The number of hydrogen-bond donors (Lipinski definition) is 1. The molecule has 0 aliphatic heterocycles. The van der Waals surface area contributed by atoms with E-state index in [4.69, 9.17) is 5.11 Å². The first-order chi connectivity index (χ1) is 5.63. The standard InChI is InChI=1S/C6H5NO4Se/c8-6(9)4-2-1-3-7-5(4)12(10)11/h1-3H,(H,8,9)(H,10,11)/p-1. The molecule has 0 radical (unpaired) electrons. The maximum absolute atomic E-state index is 10.5. The summed E-state index contributed by atoms with van der Waals surface area (Å²) in [5, 5.41) is 8.52. The fourth-order valence-electron chi connectivity index (χ4n) is 0.686. The number of aromatic nitrogens is 1. The predicted molar refractivity (Wildman–Crippen MR) is 36.6 cm³/mol. The normalized spacial score (nSPS) is 10.2. The van der Waals surface area contributed by atoms with Gasteiger partial charge in [-0.2, -0.15) is 0 Å². The van der Waals surface area contributed by atoms with Crippen molar-refractivity contribution in [3.63, 3.8) is 0 Å². The topological polar surface area (TPSA) is 96.3 Å². The second-order valence-electron chi connectivity index (χ2n) is 1.90. The molecule has 1 aromatic rings. The summed E-state index contributed by atoms with van der Waals surface area (Å²) in [6.45, 7) is 0. The van der Waals surface area contributed by atoms with Crippen LogP contribution in [0.15, 0.2) is 18.3 Å². The van der Waals surface area contributed by atoms with Crippen LogP contribution in [0.3, 0.4) is 0 Å². The number of nitrogens with zero attached hydrogens (tertiary/aromatic N) is 1. The van der Waals surface area contributed by atoms with E-state index in [1.807, 2.05) is 0 Å². The Morgan fingerprint density at radius 3 is 2.67 bits per heavy atom. The maximum atomic E-state index is 10.5. The fourth-order valence-corrected chi connectivity index (χ4v) is 1.70. The Balaban J connectivity index is 3.17. The molecule has 0 saturated heterocycles. The second-order valence-corrected chi connectivity index (χ2v) is 3.69. The van der Waals surface area contributed by atoms with E-state index in [1.54, 1.807) is 0 Å². The Labute approximate surface area is 72.8 Å². The third-order valence-corrected chi connectivity index (χ3v) is 2.50. The molecule has 64 valence electrons. The molecule has 12 heavy (non-hydrogen) atoms. The van der Waals surface area contributed by atoms with Gasteiger partial charge in [0, 0.05) is 0 Å². The third-order valence-electron chi connectivity index (χ3n) is 1.16. The van der Waals surface area contributed by atoms with Crippen molar-refractivity contribution < 1.29 is 18.3 Å². The SMILES string of the molecule is O=C(O)c1cccnc1[Se+]([O-])[O-]. The van der Waals surface area contributed by atoms with Gasteiger partial charge in [-0.15, -0.1) is 0 Å². The molecular weight excluding hydrogens is 229 g/mol. The molecular formula is C6H4NO4Se-. The van der Waals surface area contributed by atoms with Crippen LogP contribution in [0.2, 0.25) is 0 Å². The van der Waals surface area contributed by atoms with Crippen molar-refractivity contribution in [3.05, 3.63) is 23.9 Å². The van der Waals surface area contributed by atoms with Gasteiger partial charge in [-0.05, 0) is 0 Å². The first kappa shape index (κ1) is 9.15. The summed E-state index contributed by atoms with van der Waals surface area (Å²) in [4.78, 5) is 13.9. The molecule has 1 N–H and O–H groups in total. The van der Waals surface area contributed by atoms with Gasteiger partial charge < -0.3 is 0 Å². The monoisotopic (exact) mass is 234 g/mol. The Morgan fingerprint density at radius 1 is 1.58 bits per heavy atom. The summed E-state index contributed by atoms with van der Waals surface area (Å²) < 4.78 is 20.7. The number of rotatable bonds is 2. The molecule has 0 unspecified atom stereocenters. The quantitative estimate of drug-likeness (QED) is 0.556. The van der Waals surface area contributed by atoms with Gasteiger partial charge in [0.25, 0.3) is 0 Å². The van der Waals surface area contributed by atoms with Crippen molar-refractivity contribution in [3.8, 4) is 0 Å². The van der Waals surface area contributed by atoms with E-state index in [9.17, 15) is 13.2 Å². The summed E-state index contributed by atoms with van der Waals surface area (Å²) in [6.07, 6.45) is 1.24. The van der Waals surface area contributed by atoms with Gasteiger partial charge in [-0.25, -0.2) is 0 Å². The van der Waals surface area contributed by atoms with Gasteiger partial charge in [0.1, 0.15) is 0 Å². The van der Waals surface area contributed by atoms with Crippen LogP contribution in [-0.4, -0.2) is 30.6 Å². The van der Waals surface area contributed by atoms with E-state index < -0.39 is 20.5 Å². The molecule has 0 spiro atoms. The van der Waals surface area contributed by atoms with Gasteiger partial charge in [-0.1, -0.05) is 0 Å². The molecule has 0 bridgehead atoms. The van der Waals surface area contributed by atoms with Gasteiger partial charge >= 0.3 is 72.3 Å². The zero-order chi connectivity index (χ0) is 9.14. The number of carboxylic acids is 1. The number of carbonyl (C=O) groups is 1. The van der Waals surface area contributed by atoms with Crippen LogP contribution in [0.1, 0.15) is 10.4 Å².